The summed E-state index contributed by atoms with van der Waals surface area (Å²) in [5.41, 5.74) is 5.32. The molecule has 0 saturated heterocycles. The number of phosphoric ester groups is 1. The van der Waals surface area contributed by atoms with Gasteiger partial charge in [-0.25, -0.2) is 4.57 Å². The molecule has 0 heterocycles. The first kappa shape index (κ1) is 46.7. The minimum Gasteiger partial charge on any atom is -0.462 e. The Balaban J connectivity index is 4.37. The predicted molar refractivity (Wildman–Crippen MR) is 201 cm³/mol. The van der Waals surface area contributed by atoms with Gasteiger partial charge < -0.3 is 20.1 Å². The van der Waals surface area contributed by atoms with Crippen LogP contribution in [0.5, 0.6) is 0 Å². The number of unbranched alkanes of at least 4 members (excludes halogenated alkanes) is 11. The van der Waals surface area contributed by atoms with Crippen molar-refractivity contribution in [3.8, 4) is 0 Å². The van der Waals surface area contributed by atoms with Gasteiger partial charge in [0.05, 0.1) is 13.2 Å². The smallest absolute Gasteiger partial charge is 0.462 e. The Morgan fingerprint density at radius 2 is 1.10 bits per heavy atom. The Morgan fingerprint density at radius 3 is 1.71 bits per heavy atom. The van der Waals surface area contributed by atoms with Gasteiger partial charge in [-0.3, -0.25) is 18.6 Å². The highest BCUT2D eigenvalue weighted by atomic mass is 31.2. The average molecular weight is 710 g/mol. The Morgan fingerprint density at radius 1 is 0.612 bits per heavy atom. The molecule has 0 aliphatic carbocycles. The number of carbonyl (C=O) groups excluding carboxylic acids is 2. The number of esters is 2. The maximum absolute atomic E-state index is 12.5. The van der Waals surface area contributed by atoms with E-state index in [2.05, 4.69) is 68.5 Å². The third-order valence-corrected chi connectivity index (χ3v) is 8.36. The fraction of sp³-hybridized carbons (Fsp3) is 0.692. The molecule has 10 heteroatoms. The molecule has 0 radical (unpaired) electrons. The van der Waals surface area contributed by atoms with E-state index in [9.17, 15) is 19.0 Å². The van der Waals surface area contributed by atoms with Crippen LogP contribution in [0.25, 0.3) is 0 Å². The van der Waals surface area contributed by atoms with Crippen LogP contribution in [-0.4, -0.2) is 49.3 Å². The zero-order valence-corrected chi connectivity index (χ0v) is 31.5. The highest BCUT2D eigenvalue weighted by Crippen LogP contribution is 2.43. The second-order valence-electron chi connectivity index (χ2n) is 12.1. The number of hydrogen-bond acceptors (Lipinski definition) is 8. The highest BCUT2D eigenvalue weighted by molar-refractivity contribution is 7.47. The van der Waals surface area contributed by atoms with Crippen molar-refractivity contribution in [2.45, 2.75) is 148 Å². The van der Waals surface area contributed by atoms with Crippen molar-refractivity contribution in [3.63, 3.8) is 0 Å². The minimum atomic E-state index is -4.39. The number of carbonyl (C=O) groups is 2. The van der Waals surface area contributed by atoms with Crippen LogP contribution in [0.2, 0.25) is 0 Å². The quantitative estimate of drug-likeness (QED) is 0.0290. The van der Waals surface area contributed by atoms with Crippen molar-refractivity contribution < 1.29 is 37.6 Å². The van der Waals surface area contributed by atoms with E-state index in [0.29, 0.717) is 19.3 Å². The fourth-order valence-electron chi connectivity index (χ4n) is 4.55. The van der Waals surface area contributed by atoms with Gasteiger partial charge in [0.15, 0.2) is 6.10 Å². The van der Waals surface area contributed by atoms with Crippen LogP contribution in [0.4, 0.5) is 0 Å². The van der Waals surface area contributed by atoms with Gasteiger partial charge in [-0.1, -0.05) is 120 Å². The number of allylic oxidation sites excluding steroid dienone is 10. The molecule has 49 heavy (non-hydrogen) atoms. The van der Waals surface area contributed by atoms with Crippen LogP contribution in [0, 0.1) is 0 Å². The van der Waals surface area contributed by atoms with E-state index >= 15 is 0 Å². The summed E-state index contributed by atoms with van der Waals surface area (Å²) in [5, 5.41) is 0. The Hall–Kier alpha value is -2.29. The van der Waals surface area contributed by atoms with E-state index in [0.717, 1.165) is 57.8 Å². The van der Waals surface area contributed by atoms with Gasteiger partial charge in [0.1, 0.15) is 6.61 Å². The van der Waals surface area contributed by atoms with E-state index in [1.165, 1.54) is 38.5 Å². The van der Waals surface area contributed by atoms with E-state index in [1.807, 2.05) is 6.08 Å². The first-order chi connectivity index (χ1) is 23.8. The van der Waals surface area contributed by atoms with Gasteiger partial charge in [0.25, 0.3) is 0 Å². The largest absolute Gasteiger partial charge is 0.472 e. The molecule has 0 bridgehead atoms. The Labute approximate surface area is 298 Å². The average Bonchev–Trinajstić information content (AvgIpc) is 3.08. The molecule has 0 spiro atoms. The zero-order chi connectivity index (χ0) is 36.1. The number of hydrogen-bond donors (Lipinski definition) is 2. The molecule has 0 aromatic rings. The monoisotopic (exact) mass is 709 g/mol. The summed E-state index contributed by atoms with van der Waals surface area (Å²) in [5.74, 6) is -0.914. The molecule has 0 fully saturated rings. The summed E-state index contributed by atoms with van der Waals surface area (Å²) in [7, 11) is -4.39. The van der Waals surface area contributed by atoms with Gasteiger partial charge in [0, 0.05) is 19.4 Å². The molecule has 0 aliphatic rings. The molecule has 282 valence electrons. The fourth-order valence-corrected chi connectivity index (χ4v) is 5.31. The van der Waals surface area contributed by atoms with Crippen LogP contribution < -0.4 is 5.73 Å². The van der Waals surface area contributed by atoms with Crippen molar-refractivity contribution in [3.05, 3.63) is 60.8 Å². The summed E-state index contributed by atoms with van der Waals surface area (Å²) in [4.78, 5) is 34.6. The van der Waals surface area contributed by atoms with Gasteiger partial charge in [-0.05, 0) is 70.6 Å². The lowest BCUT2D eigenvalue weighted by Crippen LogP contribution is -2.29. The van der Waals surface area contributed by atoms with Crippen molar-refractivity contribution in [2.24, 2.45) is 5.73 Å². The van der Waals surface area contributed by atoms with Crippen LogP contribution in [-0.2, 0) is 32.7 Å². The minimum absolute atomic E-state index is 0.0411. The van der Waals surface area contributed by atoms with Crippen LogP contribution in [0.15, 0.2) is 60.8 Å². The molecule has 0 saturated carbocycles. The SMILES string of the molecule is CCCC/C=C\CCCCCCCC(=O)OC[C@H](COP(=O)(O)OCCN)OC(=O)CCC/C=C\C/C=C\C/C=C\C/C=C\CCCCC. The summed E-state index contributed by atoms with van der Waals surface area (Å²) < 4.78 is 32.5. The molecule has 9 nitrogen and oxygen atoms in total. The molecule has 0 aromatic carbocycles. The van der Waals surface area contributed by atoms with Gasteiger partial charge in [-0.2, -0.15) is 0 Å². The second kappa shape index (κ2) is 35.5. The topological polar surface area (TPSA) is 134 Å². The number of rotatable bonds is 34. The summed E-state index contributed by atoms with van der Waals surface area (Å²) in [6.07, 6.45) is 39.7. The Kier molecular flexibility index (Phi) is 33.9. The van der Waals surface area contributed by atoms with E-state index in [1.54, 1.807) is 0 Å². The summed E-state index contributed by atoms with van der Waals surface area (Å²) in [6.45, 7) is 3.56. The van der Waals surface area contributed by atoms with Gasteiger partial charge >= 0.3 is 19.8 Å². The van der Waals surface area contributed by atoms with Crippen molar-refractivity contribution in [1.82, 2.24) is 0 Å². The first-order valence-corrected chi connectivity index (χ1v) is 20.3. The van der Waals surface area contributed by atoms with Crippen LogP contribution >= 0.6 is 7.82 Å². The summed E-state index contributed by atoms with van der Waals surface area (Å²) in [6, 6.07) is 0. The van der Waals surface area contributed by atoms with Crippen molar-refractivity contribution >= 4 is 19.8 Å². The molecule has 0 aliphatic heterocycles. The van der Waals surface area contributed by atoms with Crippen LogP contribution in [0.1, 0.15) is 142 Å². The third-order valence-electron chi connectivity index (χ3n) is 7.38. The second-order valence-corrected chi connectivity index (χ2v) is 13.5. The van der Waals surface area contributed by atoms with E-state index < -0.39 is 32.5 Å². The normalized spacial score (nSPS) is 14.1. The standard InChI is InChI=1S/C39H68NO8P/c1-3-5-7-9-11-13-15-16-17-18-19-20-22-24-26-28-30-32-39(42)48-37(36-47-49(43,44)46-34-33-40)35-45-38(41)31-29-27-25-23-21-14-12-10-8-6-4-2/h10-13,16-17,19-20,24,26,37H,3-9,14-15,18,21-23,25,27-36,40H2,1-2H3,(H,43,44)/b12-10-,13-11-,17-16-,20-19-,26-24-/t37-/m1/s1. The number of ether oxygens (including phenoxy) is 2. The molecular weight excluding hydrogens is 641 g/mol. The maximum atomic E-state index is 12.5. The maximum Gasteiger partial charge on any atom is 0.472 e. The molecule has 1 unspecified atom stereocenters. The first-order valence-electron chi connectivity index (χ1n) is 18.8. The predicted octanol–water partition coefficient (Wildman–Crippen LogP) is 10.2. The number of phosphoric acid groups is 1. The van der Waals surface area contributed by atoms with Crippen LogP contribution in [0.3, 0.4) is 0 Å². The van der Waals surface area contributed by atoms with E-state index in [-0.39, 0.29) is 32.6 Å². The molecule has 0 amide bonds. The molecule has 0 aromatic heterocycles. The lowest BCUT2D eigenvalue weighted by molar-refractivity contribution is -0.161. The number of nitrogens with two attached hydrogens (primary N) is 1. The van der Waals surface area contributed by atoms with Crippen molar-refractivity contribution in [1.29, 1.82) is 0 Å². The summed E-state index contributed by atoms with van der Waals surface area (Å²) >= 11 is 0. The molecule has 2 atom stereocenters. The molecule has 0 rings (SSSR count). The third kappa shape index (κ3) is 35.3. The lowest BCUT2D eigenvalue weighted by atomic mass is 10.1. The Bertz CT molecular complexity index is 992. The van der Waals surface area contributed by atoms with Gasteiger partial charge in [-0.15, -0.1) is 0 Å². The van der Waals surface area contributed by atoms with E-state index in [4.69, 9.17) is 24.3 Å². The van der Waals surface area contributed by atoms with Gasteiger partial charge in [0.2, 0.25) is 0 Å². The molecule has 3 N–H and O–H groups in total. The molecular formula is C39H68NO8P. The lowest BCUT2D eigenvalue weighted by Gasteiger charge is -2.19. The highest BCUT2D eigenvalue weighted by Gasteiger charge is 2.25. The zero-order valence-electron chi connectivity index (χ0n) is 30.7. The van der Waals surface area contributed by atoms with Crippen molar-refractivity contribution in [2.75, 3.05) is 26.4 Å².